The van der Waals surface area contributed by atoms with Crippen LogP contribution in [0.1, 0.15) is 11.1 Å². The van der Waals surface area contributed by atoms with E-state index in [1.807, 2.05) is 55.5 Å². The summed E-state index contributed by atoms with van der Waals surface area (Å²) in [4.78, 5) is 11.8. The monoisotopic (exact) mass is 332 g/mol. The molecule has 0 bridgehead atoms. The summed E-state index contributed by atoms with van der Waals surface area (Å²) < 4.78 is 1.04. The van der Waals surface area contributed by atoms with Crippen molar-refractivity contribution in [3.63, 3.8) is 0 Å². The van der Waals surface area contributed by atoms with Crippen LogP contribution in [-0.4, -0.2) is 12.5 Å². The second kappa shape index (κ2) is 7.22. The van der Waals surface area contributed by atoms with Crippen molar-refractivity contribution in [2.75, 3.05) is 11.9 Å². The summed E-state index contributed by atoms with van der Waals surface area (Å²) in [5, 5.41) is 6.00. The van der Waals surface area contributed by atoms with E-state index in [1.54, 1.807) is 0 Å². The molecule has 0 unspecified atom stereocenters. The van der Waals surface area contributed by atoms with Crippen molar-refractivity contribution in [1.29, 1.82) is 0 Å². The number of nitrogens with one attached hydrogen (secondary N) is 2. The van der Waals surface area contributed by atoms with Crippen molar-refractivity contribution in [1.82, 2.24) is 5.32 Å². The molecule has 104 valence electrons. The lowest BCUT2D eigenvalue weighted by atomic mass is 10.2. The van der Waals surface area contributed by atoms with Gasteiger partial charge in [0.1, 0.15) is 0 Å². The van der Waals surface area contributed by atoms with Gasteiger partial charge in [-0.15, -0.1) is 0 Å². The standard InChI is InChI=1S/C16H17BrN2O/c1-12-4-2-7-15(8-12)19-16(20)11-18-10-13-5-3-6-14(17)9-13/h2-9,18H,10-11H2,1H3,(H,19,20). The third kappa shape index (κ3) is 4.79. The number of hydrogen-bond acceptors (Lipinski definition) is 2. The Kier molecular flexibility index (Phi) is 5.32. The van der Waals surface area contributed by atoms with E-state index in [-0.39, 0.29) is 5.91 Å². The van der Waals surface area contributed by atoms with Crippen LogP contribution in [0.4, 0.5) is 5.69 Å². The van der Waals surface area contributed by atoms with Crippen LogP contribution in [0.2, 0.25) is 0 Å². The molecule has 4 heteroatoms. The average molecular weight is 333 g/mol. The number of hydrogen-bond donors (Lipinski definition) is 2. The van der Waals surface area contributed by atoms with E-state index in [1.165, 1.54) is 0 Å². The molecule has 0 aliphatic carbocycles. The minimum Gasteiger partial charge on any atom is -0.325 e. The van der Waals surface area contributed by atoms with E-state index < -0.39 is 0 Å². The number of anilines is 1. The first-order valence-corrected chi connectivity index (χ1v) is 7.24. The van der Waals surface area contributed by atoms with Crippen LogP contribution in [0.5, 0.6) is 0 Å². The minimum atomic E-state index is -0.0365. The predicted molar refractivity (Wildman–Crippen MR) is 85.7 cm³/mol. The summed E-state index contributed by atoms with van der Waals surface area (Å²) in [5.74, 6) is -0.0365. The maximum Gasteiger partial charge on any atom is 0.238 e. The average Bonchev–Trinajstić information content (AvgIpc) is 2.38. The van der Waals surface area contributed by atoms with E-state index in [0.29, 0.717) is 13.1 Å². The Labute approximate surface area is 127 Å². The Balaban J connectivity index is 1.78. The molecule has 2 aromatic rings. The van der Waals surface area contributed by atoms with E-state index in [0.717, 1.165) is 21.3 Å². The molecule has 2 N–H and O–H groups in total. The van der Waals surface area contributed by atoms with Gasteiger partial charge in [0.15, 0.2) is 0 Å². The van der Waals surface area contributed by atoms with Crippen molar-refractivity contribution in [2.45, 2.75) is 13.5 Å². The summed E-state index contributed by atoms with van der Waals surface area (Å²) in [6, 6.07) is 15.8. The van der Waals surface area contributed by atoms with Gasteiger partial charge in [0.25, 0.3) is 0 Å². The van der Waals surface area contributed by atoms with Gasteiger partial charge >= 0.3 is 0 Å². The van der Waals surface area contributed by atoms with E-state index in [4.69, 9.17) is 0 Å². The van der Waals surface area contributed by atoms with Gasteiger partial charge in [0.05, 0.1) is 6.54 Å². The minimum absolute atomic E-state index is 0.0365. The Morgan fingerprint density at radius 2 is 1.95 bits per heavy atom. The first-order chi connectivity index (χ1) is 9.63. The van der Waals surface area contributed by atoms with Crippen molar-refractivity contribution >= 4 is 27.5 Å². The van der Waals surface area contributed by atoms with Crippen LogP contribution >= 0.6 is 15.9 Å². The molecular formula is C16H17BrN2O. The maximum atomic E-state index is 11.8. The quantitative estimate of drug-likeness (QED) is 0.879. The van der Waals surface area contributed by atoms with Crippen LogP contribution in [0, 0.1) is 6.92 Å². The second-order valence-corrected chi connectivity index (χ2v) is 5.57. The highest BCUT2D eigenvalue weighted by Gasteiger charge is 2.02. The second-order valence-electron chi connectivity index (χ2n) is 4.65. The summed E-state index contributed by atoms with van der Waals surface area (Å²) in [6.45, 7) is 2.96. The lowest BCUT2D eigenvalue weighted by molar-refractivity contribution is -0.115. The maximum absolute atomic E-state index is 11.8. The molecule has 0 heterocycles. The fourth-order valence-corrected chi connectivity index (χ4v) is 2.34. The van der Waals surface area contributed by atoms with Gasteiger partial charge in [-0.3, -0.25) is 4.79 Å². The lowest BCUT2D eigenvalue weighted by Gasteiger charge is -2.07. The Bertz CT molecular complexity index is 599. The Hall–Kier alpha value is -1.65. The molecule has 0 spiro atoms. The highest BCUT2D eigenvalue weighted by atomic mass is 79.9. The molecule has 0 saturated heterocycles. The van der Waals surface area contributed by atoms with Gasteiger partial charge in [0.2, 0.25) is 5.91 Å². The van der Waals surface area contributed by atoms with Crippen LogP contribution in [0.25, 0.3) is 0 Å². The molecule has 1 amide bonds. The van der Waals surface area contributed by atoms with Gasteiger partial charge in [-0.05, 0) is 42.3 Å². The molecule has 0 aliphatic rings. The van der Waals surface area contributed by atoms with Crippen LogP contribution < -0.4 is 10.6 Å². The normalized spacial score (nSPS) is 10.3. The van der Waals surface area contributed by atoms with Gasteiger partial charge in [-0.1, -0.05) is 40.2 Å². The molecule has 3 nitrogen and oxygen atoms in total. The van der Waals surface area contributed by atoms with Crippen molar-refractivity contribution in [3.05, 3.63) is 64.1 Å². The van der Waals surface area contributed by atoms with Gasteiger partial charge in [-0.25, -0.2) is 0 Å². The fraction of sp³-hybridized carbons (Fsp3) is 0.188. The largest absolute Gasteiger partial charge is 0.325 e. The molecule has 0 fully saturated rings. The van der Waals surface area contributed by atoms with Gasteiger partial charge in [0, 0.05) is 16.7 Å². The number of carbonyl (C=O) groups excluding carboxylic acids is 1. The van der Waals surface area contributed by atoms with Crippen LogP contribution in [-0.2, 0) is 11.3 Å². The number of amides is 1. The van der Waals surface area contributed by atoms with Gasteiger partial charge in [-0.2, -0.15) is 0 Å². The Morgan fingerprint density at radius 3 is 2.70 bits per heavy atom. The van der Waals surface area contributed by atoms with E-state index >= 15 is 0 Å². The number of rotatable bonds is 5. The van der Waals surface area contributed by atoms with E-state index in [9.17, 15) is 4.79 Å². The highest BCUT2D eigenvalue weighted by Crippen LogP contribution is 2.11. The van der Waals surface area contributed by atoms with Crippen molar-refractivity contribution in [3.8, 4) is 0 Å². The summed E-state index contributed by atoms with van der Waals surface area (Å²) in [5.41, 5.74) is 3.10. The molecular weight excluding hydrogens is 316 g/mol. The summed E-state index contributed by atoms with van der Waals surface area (Å²) in [6.07, 6.45) is 0. The zero-order chi connectivity index (χ0) is 14.4. The first-order valence-electron chi connectivity index (χ1n) is 6.45. The van der Waals surface area contributed by atoms with Crippen molar-refractivity contribution in [2.24, 2.45) is 0 Å². The molecule has 2 aromatic carbocycles. The third-order valence-corrected chi connectivity index (χ3v) is 3.30. The molecule has 0 aromatic heterocycles. The molecule has 0 atom stereocenters. The molecule has 0 saturated carbocycles. The van der Waals surface area contributed by atoms with Crippen LogP contribution in [0.3, 0.4) is 0 Å². The third-order valence-electron chi connectivity index (χ3n) is 2.81. The molecule has 0 aliphatic heterocycles. The summed E-state index contributed by atoms with van der Waals surface area (Å²) >= 11 is 3.43. The Morgan fingerprint density at radius 1 is 1.15 bits per heavy atom. The molecule has 0 radical (unpaired) electrons. The topological polar surface area (TPSA) is 41.1 Å². The SMILES string of the molecule is Cc1cccc(NC(=O)CNCc2cccc(Br)c2)c1. The number of aryl methyl sites for hydroxylation is 1. The fourth-order valence-electron chi connectivity index (χ4n) is 1.90. The highest BCUT2D eigenvalue weighted by molar-refractivity contribution is 9.10. The first kappa shape index (κ1) is 14.8. The zero-order valence-electron chi connectivity index (χ0n) is 11.3. The summed E-state index contributed by atoms with van der Waals surface area (Å²) in [7, 11) is 0. The number of benzene rings is 2. The number of carbonyl (C=O) groups is 1. The van der Waals surface area contributed by atoms with Crippen molar-refractivity contribution < 1.29 is 4.79 Å². The van der Waals surface area contributed by atoms with Gasteiger partial charge < -0.3 is 10.6 Å². The van der Waals surface area contributed by atoms with E-state index in [2.05, 4.69) is 26.6 Å². The molecule has 2 rings (SSSR count). The smallest absolute Gasteiger partial charge is 0.238 e. The zero-order valence-corrected chi connectivity index (χ0v) is 12.9. The van der Waals surface area contributed by atoms with Crippen LogP contribution in [0.15, 0.2) is 53.0 Å². The lowest BCUT2D eigenvalue weighted by Crippen LogP contribution is -2.27. The molecule has 20 heavy (non-hydrogen) atoms. The number of halogens is 1. The predicted octanol–water partition coefficient (Wildman–Crippen LogP) is 3.49.